The number of aromatic amines is 1. The Balaban J connectivity index is 2.94. The maximum atomic E-state index is 8.87. The molecule has 2 rings (SSSR count). The van der Waals surface area contributed by atoms with Crippen LogP contribution in [0.25, 0.3) is 10.9 Å². The lowest BCUT2D eigenvalue weighted by Gasteiger charge is -1.96. The van der Waals surface area contributed by atoms with E-state index >= 15 is 0 Å². The zero-order chi connectivity index (χ0) is 9.42. The molecule has 2 heteroatoms. The summed E-state index contributed by atoms with van der Waals surface area (Å²) in [5.74, 6) is 0. The highest BCUT2D eigenvalue weighted by Crippen LogP contribution is 2.22. The van der Waals surface area contributed by atoms with Gasteiger partial charge in [0.1, 0.15) is 6.07 Å². The van der Waals surface area contributed by atoms with E-state index in [0.29, 0.717) is 5.56 Å². The van der Waals surface area contributed by atoms with Gasteiger partial charge in [-0.2, -0.15) is 5.26 Å². The van der Waals surface area contributed by atoms with Gasteiger partial charge in [-0.15, -0.1) is 0 Å². The van der Waals surface area contributed by atoms with Crippen molar-refractivity contribution < 1.29 is 0 Å². The third-order valence-corrected chi connectivity index (χ3v) is 2.27. The molecule has 1 N–H and O–H groups in total. The number of nitrogens with one attached hydrogen (secondary N) is 1. The van der Waals surface area contributed by atoms with Crippen molar-refractivity contribution in [3.05, 3.63) is 35.0 Å². The van der Waals surface area contributed by atoms with Gasteiger partial charge in [0, 0.05) is 11.1 Å². The summed E-state index contributed by atoms with van der Waals surface area (Å²) < 4.78 is 0. The van der Waals surface area contributed by atoms with E-state index in [1.807, 2.05) is 19.1 Å². The molecular weight excluding hydrogens is 160 g/mol. The van der Waals surface area contributed by atoms with E-state index < -0.39 is 0 Å². The van der Waals surface area contributed by atoms with E-state index in [0.717, 1.165) is 16.6 Å². The van der Waals surface area contributed by atoms with Crippen molar-refractivity contribution in [3.8, 4) is 6.07 Å². The molecule has 1 aromatic heterocycles. The van der Waals surface area contributed by atoms with Crippen LogP contribution in [0.15, 0.2) is 18.2 Å². The number of nitriles is 1. The van der Waals surface area contributed by atoms with Gasteiger partial charge in [0.05, 0.1) is 11.1 Å². The molecule has 1 aromatic carbocycles. The summed E-state index contributed by atoms with van der Waals surface area (Å²) in [5, 5.41) is 10.0. The lowest BCUT2D eigenvalue weighted by atomic mass is 10.1. The topological polar surface area (TPSA) is 39.6 Å². The monoisotopic (exact) mass is 170 g/mol. The Kier molecular flexibility index (Phi) is 1.60. The van der Waals surface area contributed by atoms with Gasteiger partial charge in [0.25, 0.3) is 0 Å². The van der Waals surface area contributed by atoms with Gasteiger partial charge in [0.15, 0.2) is 0 Å². The molecule has 0 saturated carbocycles. The van der Waals surface area contributed by atoms with Gasteiger partial charge in [-0.25, -0.2) is 0 Å². The standard InChI is InChI=1S/C11H10N2/c1-7-3-4-9(6-12)11-10(7)5-8(2)13-11/h3-5,13H,1-2H3. The number of fused-ring (bicyclic) bond motifs is 1. The fraction of sp³-hybridized carbons (Fsp3) is 0.182. The lowest BCUT2D eigenvalue weighted by molar-refractivity contribution is 1.29. The average Bonchev–Trinajstić information content (AvgIpc) is 2.48. The first-order valence-electron chi connectivity index (χ1n) is 4.21. The van der Waals surface area contributed by atoms with E-state index in [1.54, 1.807) is 0 Å². The zero-order valence-corrected chi connectivity index (χ0v) is 7.68. The Morgan fingerprint density at radius 2 is 2.08 bits per heavy atom. The number of aryl methyl sites for hydroxylation is 2. The predicted octanol–water partition coefficient (Wildman–Crippen LogP) is 2.66. The molecule has 0 unspecified atom stereocenters. The number of rotatable bonds is 0. The highest BCUT2D eigenvalue weighted by Gasteiger charge is 2.04. The third-order valence-electron chi connectivity index (χ3n) is 2.27. The fourth-order valence-corrected chi connectivity index (χ4v) is 1.59. The minimum atomic E-state index is 0.716. The maximum absolute atomic E-state index is 8.87. The molecule has 0 atom stereocenters. The fourth-order valence-electron chi connectivity index (χ4n) is 1.59. The van der Waals surface area contributed by atoms with Crippen molar-refractivity contribution in [2.45, 2.75) is 13.8 Å². The molecule has 64 valence electrons. The van der Waals surface area contributed by atoms with E-state index in [4.69, 9.17) is 5.26 Å². The molecule has 0 fully saturated rings. The van der Waals surface area contributed by atoms with E-state index in [1.165, 1.54) is 5.56 Å². The quantitative estimate of drug-likeness (QED) is 0.648. The molecule has 0 aliphatic rings. The summed E-state index contributed by atoms with van der Waals surface area (Å²) in [4.78, 5) is 3.20. The van der Waals surface area contributed by atoms with Crippen LogP contribution in [0, 0.1) is 25.2 Å². The first-order chi connectivity index (χ1) is 6.22. The van der Waals surface area contributed by atoms with Gasteiger partial charge in [-0.1, -0.05) is 6.07 Å². The Hall–Kier alpha value is -1.75. The van der Waals surface area contributed by atoms with Crippen LogP contribution in [0.5, 0.6) is 0 Å². The number of H-pyrrole nitrogens is 1. The van der Waals surface area contributed by atoms with Crippen LogP contribution in [0.1, 0.15) is 16.8 Å². The van der Waals surface area contributed by atoms with Crippen molar-refractivity contribution in [1.29, 1.82) is 5.26 Å². The molecule has 2 nitrogen and oxygen atoms in total. The molecular formula is C11H10N2. The Bertz CT molecular complexity index is 501. The van der Waals surface area contributed by atoms with E-state index in [9.17, 15) is 0 Å². The highest BCUT2D eigenvalue weighted by atomic mass is 14.7. The summed E-state index contributed by atoms with van der Waals surface area (Å²) in [6.45, 7) is 4.05. The smallest absolute Gasteiger partial charge is 0.101 e. The average molecular weight is 170 g/mol. The minimum absolute atomic E-state index is 0.716. The Morgan fingerprint density at radius 1 is 1.31 bits per heavy atom. The van der Waals surface area contributed by atoms with Crippen LogP contribution >= 0.6 is 0 Å². The minimum Gasteiger partial charge on any atom is -0.358 e. The lowest BCUT2D eigenvalue weighted by Crippen LogP contribution is -1.80. The number of benzene rings is 1. The molecule has 0 aliphatic carbocycles. The number of hydrogen-bond donors (Lipinski definition) is 1. The zero-order valence-electron chi connectivity index (χ0n) is 7.68. The van der Waals surface area contributed by atoms with Crippen molar-refractivity contribution >= 4 is 10.9 Å². The van der Waals surface area contributed by atoms with Crippen LogP contribution in [-0.2, 0) is 0 Å². The molecule has 13 heavy (non-hydrogen) atoms. The molecule has 1 heterocycles. The second-order valence-corrected chi connectivity index (χ2v) is 3.28. The van der Waals surface area contributed by atoms with Gasteiger partial charge in [-0.05, 0) is 31.5 Å². The normalized spacial score (nSPS) is 10.2. The van der Waals surface area contributed by atoms with Gasteiger partial charge in [0.2, 0.25) is 0 Å². The second kappa shape index (κ2) is 2.63. The van der Waals surface area contributed by atoms with E-state index in [-0.39, 0.29) is 0 Å². The molecule has 0 amide bonds. The number of hydrogen-bond acceptors (Lipinski definition) is 1. The van der Waals surface area contributed by atoms with Crippen LogP contribution in [0.3, 0.4) is 0 Å². The van der Waals surface area contributed by atoms with Crippen LogP contribution in [-0.4, -0.2) is 4.98 Å². The molecule has 0 spiro atoms. The summed E-state index contributed by atoms with van der Waals surface area (Å²) in [7, 11) is 0. The number of nitrogens with zero attached hydrogens (tertiary/aromatic N) is 1. The molecule has 0 bridgehead atoms. The number of aromatic nitrogens is 1. The third kappa shape index (κ3) is 1.09. The van der Waals surface area contributed by atoms with Crippen molar-refractivity contribution in [1.82, 2.24) is 4.98 Å². The SMILES string of the molecule is Cc1cc2c(C)ccc(C#N)c2[nH]1. The largest absolute Gasteiger partial charge is 0.358 e. The van der Waals surface area contributed by atoms with Gasteiger partial charge in [-0.3, -0.25) is 0 Å². The Labute approximate surface area is 76.8 Å². The van der Waals surface area contributed by atoms with E-state index in [2.05, 4.69) is 24.0 Å². The maximum Gasteiger partial charge on any atom is 0.101 e. The van der Waals surface area contributed by atoms with Crippen LogP contribution < -0.4 is 0 Å². The summed E-state index contributed by atoms with van der Waals surface area (Å²) in [6.07, 6.45) is 0. The predicted molar refractivity (Wildman–Crippen MR) is 52.5 cm³/mol. The van der Waals surface area contributed by atoms with Gasteiger partial charge < -0.3 is 4.98 Å². The Morgan fingerprint density at radius 3 is 2.77 bits per heavy atom. The van der Waals surface area contributed by atoms with Crippen LogP contribution in [0.2, 0.25) is 0 Å². The first kappa shape index (κ1) is 7.88. The summed E-state index contributed by atoms with van der Waals surface area (Å²) in [5.41, 5.74) is 3.98. The van der Waals surface area contributed by atoms with Crippen molar-refractivity contribution in [2.24, 2.45) is 0 Å². The summed E-state index contributed by atoms with van der Waals surface area (Å²) >= 11 is 0. The molecule has 0 aliphatic heterocycles. The molecule has 0 radical (unpaired) electrons. The van der Waals surface area contributed by atoms with Gasteiger partial charge >= 0.3 is 0 Å². The van der Waals surface area contributed by atoms with Crippen LogP contribution in [0.4, 0.5) is 0 Å². The molecule has 0 saturated heterocycles. The van der Waals surface area contributed by atoms with Crippen molar-refractivity contribution in [2.75, 3.05) is 0 Å². The second-order valence-electron chi connectivity index (χ2n) is 3.28. The van der Waals surface area contributed by atoms with Crippen molar-refractivity contribution in [3.63, 3.8) is 0 Å². The molecule has 2 aromatic rings. The summed E-state index contributed by atoms with van der Waals surface area (Å²) in [6, 6.07) is 8.09. The first-order valence-corrected chi connectivity index (χ1v) is 4.21. The highest BCUT2D eigenvalue weighted by molar-refractivity contribution is 5.88.